The third-order valence-corrected chi connectivity index (χ3v) is 6.26. The second-order valence-corrected chi connectivity index (χ2v) is 8.52. The predicted molar refractivity (Wildman–Crippen MR) is 143 cm³/mol. The smallest absolute Gasteiger partial charge is 0.115 e. The summed E-state index contributed by atoms with van der Waals surface area (Å²) < 4.78 is 0. The fourth-order valence-corrected chi connectivity index (χ4v) is 4.51. The Balaban J connectivity index is 1.48. The quantitative estimate of drug-likeness (QED) is 0.305. The SMILES string of the molecule is c1cnc2c(c1)N=C(c1cnc3ccccc3c1)c1cnccc1N=C2c1cnc2ccccc2c1. The highest BCUT2D eigenvalue weighted by atomic mass is 14.9. The molecule has 7 rings (SSSR count). The lowest BCUT2D eigenvalue weighted by atomic mass is 9.99. The van der Waals surface area contributed by atoms with E-state index in [2.05, 4.69) is 39.2 Å². The van der Waals surface area contributed by atoms with Gasteiger partial charge in [0.15, 0.2) is 0 Å². The lowest BCUT2D eigenvalue weighted by molar-refractivity contribution is 1.23. The van der Waals surface area contributed by atoms with Crippen LogP contribution in [0.2, 0.25) is 0 Å². The standard InChI is InChI=1S/C30H18N6/c1-3-8-24-19(6-1)14-21(16-33-24)28-23-18-31-13-11-26(23)35-29(30-27(36-28)10-5-12-32-30)22-15-20-7-2-4-9-25(20)34-17-22/h1-18H. The van der Waals surface area contributed by atoms with Crippen LogP contribution in [0.3, 0.4) is 0 Å². The van der Waals surface area contributed by atoms with Gasteiger partial charge >= 0.3 is 0 Å². The minimum atomic E-state index is 0.697. The van der Waals surface area contributed by atoms with Crippen LogP contribution < -0.4 is 0 Å². The van der Waals surface area contributed by atoms with Gasteiger partial charge in [-0.15, -0.1) is 0 Å². The van der Waals surface area contributed by atoms with E-state index in [0.29, 0.717) is 5.69 Å². The highest BCUT2D eigenvalue weighted by molar-refractivity contribution is 6.22. The first-order valence-electron chi connectivity index (χ1n) is 11.6. The molecule has 0 saturated carbocycles. The van der Waals surface area contributed by atoms with E-state index in [1.807, 2.05) is 73.2 Å². The van der Waals surface area contributed by atoms with Crippen molar-refractivity contribution in [2.75, 3.05) is 0 Å². The van der Waals surface area contributed by atoms with Gasteiger partial charge < -0.3 is 0 Å². The van der Waals surface area contributed by atoms with E-state index in [9.17, 15) is 0 Å². The molecule has 0 saturated heterocycles. The minimum Gasteiger partial charge on any atom is -0.264 e. The maximum Gasteiger partial charge on any atom is 0.115 e. The summed E-state index contributed by atoms with van der Waals surface area (Å²) in [4.78, 5) is 28.7. The van der Waals surface area contributed by atoms with Crippen molar-refractivity contribution in [2.24, 2.45) is 9.98 Å². The molecule has 36 heavy (non-hydrogen) atoms. The number of hydrogen-bond donors (Lipinski definition) is 0. The van der Waals surface area contributed by atoms with Gasteiger partial charge in [0.2, 0.25) is 0 Å². The topological polar surface area (TPSA) is 76.3 Å². The van der Waals surface area contributed by atoms with Crippen molar-refractivity contribution in [3.8, 4) is 0 Å². The molecule has 5 heterocycles. The Morgan fingerprint density at radius 2 is 1.17 bits per heavy atom. The molecule has 0 N–H and O–H groups in total. The van der Waals surface area contributed by atoms with Crippen molar-refractivity contribution < 1.29 is 0 Å². The molecule has 2 aromatic carbocycles. The zero-order chi connectivity index (χ0) is 23.9. The van der Waals surface area contributed by atoms with Crippen molar-refractivity contribution >= 4 is 44.6 Å². The third-order valence-electron chi connectivity index (χ3n) is 6.26. The van der Waals surface area contributed by atoms with Gasteiger partial charge in [-0.2, -0.15) is 0 Å². The molecule has 0 spiro atoms. The van der Waals surface area contributed by atoms with Crippen molar-refractivity contribution in [2.45, 2.75) is 0 Å². The first-order chi connectivity index (χ1) is 17.8. The van der Waals surface area contributed by atoms with Gasteiger partial charge in [-0.3, -0.25) is 19.9 Å². The van der Waals surface area contributed by atoms with Gasteiger partial charge in [-0.1, -0.05) is 36.4 Å². The van der Waals surface area contributed by atoms with Crippen molar-refractivity contribution in [1.82, 2.24) is 19.9 Å². The Bertz CT molecular complexity index is 1720. The second-order valence-electron chi connectivity index (χ2n) is 8.52. The maximum atomic E-state index is 5.13. The highest BCUT2D eigenvalue weighted by Crippen LogP contribution is 2.32. The Labute approximate surface area is 206 Å². The molecule has 6 heteroatoms. The fraction of sp³-hybridized carbons (Fsp3) is 0. The average molecular weight is 463 g/mol. The number of hydrogen-bond acceptors (Lipinski definition) is 6. The molecule has 0 radical (unpaired) electrons. The number of aromatic nitrogens is 4. The van der Waals surface area contributed by atoms with Gasteiger partial charge in [-0.05, 0) is 42.5 Å². The Kier molecular flexibility index (Phi) is 4.67. The summed E-state index contributed by atoms with van der Waals surface area (Å²) in [5.74, 6) is 0. The average Bonchev–Trinajstić information content (AvgIpc) is 2.94. The first-order valence-corrected chi connectivity index (χ1v) is 11.6. The van der Waals surface area contributed by atoms with Crippen molar-refractivity contribution in [3.05, 3.63) is 132 Å². The van der Waals surface area contributed by atoms with Crippen molar-refractivity contribution in [3.63, 3.8) is 0 Å². The summed E-state index contributed by atoms with van der Waals surface area (Å²) in [6, 6.07) is 26.1. The molecular formula is C30H18N6. The third kappa shape index (κ3) is 3.44. The van der Waals surface area contributed by atoms with E-state index in [4.69, 9.17) is 15.0 Å². The second kappa shape index (κ2) is 8.29. The number of pyridine rings is 4. The number of aliphatic imine (C=N–C) groups is 2. The molecule has 4 aromatic heterocycles. The van der Waals surface area contributed by atoms with Crippen LogP contribution in [0.15, 0.2) is 120 Å². The number of rotatable bonds is 2. The number of fused-ring (bicyclic) bond motifs is 4. The molecule has 0 fully saturated rings. The van der Waals surface area contributed by atoms with Gasteiger partial charge in [-0.25, -0.2) is 9.98 Å². The summed E-state index contributed by atoms with van der Waals surface area (Å²) in [6.45, 7) is 0. The van der Waals surface area contributed by atoms with Crippen LogP contribution in [0.1, 0.15) is 22.4 Å². The van der Waals surface area contributed by atoms with Crippen molar-refractivity contribution in [1.29, 1.82) is 0 Å². The molecule has 6 aromatic rings. The summed E-state index contributed by atoms with van der Waals surface area (Å²) in [5.41, 5.74) is 8.12. The largest absolute Gasteiger partial charge is 0.264 e. The molecule has 0 amide bonds. The lowest BCUT2D eigenvalue weighted by Crippen LogP contribution is -2.12. The van der Waals surface area contributed by atoms with Crippen LogP contribution in [0.25, 0.3) is 21.8 Å². The monoisotopic (exact) mass is 462 g/mol. The van der Waals surface area contributed by atoms with Crippen LogP contribution >= 0.6 is 0 Å². The van der Waals surface area contributed by atoms with Gasteiger partial charge in [0.05, 0.1) is 28.1 Å². The summed E-state index contributed by atoms with van der Waals surface area (Å²) in [6.07, 6.45) is 9.03. The molecular weight excluding hydrogens is 444 g/mol. The molecule has 0 bridgehead atoms. The van der Waals surface area contributed by atoms with E-state index in [-0.39, 0.29) is 0 Å². The van der Waals surface area contributed by atoms with Gasteiger partial charge in [0.25, 0.3) is 0 Å². The zero-order valence-corrected chi connectivity index (χ0v) is 19.1. The first kappa shape index (κ1) is 20.3. The molecule has 168 valence electrons. The van der Waals surface area contributed by atoms with Crippen LogP contribution in [0.4, 0.5) is 11.4 Å². The van der Waals surface area contributed by atoms with E-state index in [0.717, 1.165) is 61.3 Å². The van der Waals surface area contributed by atoms with Crippen LogP contribution in [0.5, 0.6) is 0 Å². The predicted octanol–water partition coefficient (Wildman–Crippen LogP) is 6.22. The van der Waals surface area contributed by atoms with Crippen LogP contribution in [0, 0.1) is 0 Å². The van der Waals surface area contributed by atoms with E-state index < -0.39 is 0 Å². The maximum absolute atomic E-state index is 5.13. The highest BCUT2D eigenvalue weighted by Gasteiger charge is 2.22. The Hall–Kier alpha value is -5.10. The van der Waals surface area contributed by atoms with Crippen LogP contribution in [-0.4, -0.2) is 31.4 Å². The summed E-state index contributed by atoms with van der Waals surface area (Å²) >= 11 is 0. The normalized spacial score (nSPS) is 12.8. The molecule has 0 atom stereocenters. The number of benzene rings is 2. The molecule has 6 nitrogen and oxygen atoms in total. The van der Waals surface area contributed by atoms with E-state index in [1.54, 1.807) is 12.4 Å². The lowest BCUT2D eigenvalue weighted by Gasteiger charge is -2.17. The van der Waals surface area contributed by atoms with Gasteiger partial charge in [0, 0.05) is 58.4 Å². The van der Waals surface area contributed by atoms with E-state index in [1.165, 1.54) is 0 Å². The Morgan fingerprint density at radius 3 is 1.92 bits per heavy atom. The number of nitrogens with zero attached hydrogens (tertiary/aromatic N) is 6. The summed E-state index contributed by atoms with van der Waals surface area (Å²) in [5, 5.41) is 2.08. The summed E-state index contributed by atoms with van der Waals surface area (Å²) in [7, 11) is 0. The zero-order valence-electron chi connectivity index (χ0n) is 19.1. The molecule has 1 aliphatic rings. The fourth-order valence-electron chi connectivity index (χ4n) is 4.51. The molecule has 0 aliphatic carbocycles. The molecule has 1 aliphatic heterocycles. The van der Waals surface area contributed by atoms with E-state index >= 15 is 0 Å². The minimum absolute atomic E-state index is 0.697. The molecule has 0 unspecified atom stereocenters. The Morgan fingerprint density at radius 1 is 0.500 bits per heavy atom. The number of para-hydroxylation sites is 2. The van der Waals surface area contributed by atoms with Crippen LogP contribution in [-0.2, 0) is 0 Å². The van der Waals surface area contributed by atoms with Gasteiger partial charge in [0.1, 0.15) is 11.4 Å².